The van der Waals surface area contributed by atoms with Crippen LogP contribution in [0.3, 0.4) is 0 Å². The summed E-state index contributed by atoms with van der Waals surface area (Å²) in [7, 11) is 5.86. The number of allylic oxidation sites excluding steroid dienone is 3. The van der Waals surface area contributed by atoms with Gasteiger partial charge in [0.25, 0.3) is 17.4 Å². The Morgan fingerprint density at radius 2 is 1.63 bits per heavy atom. The molecule has 5 heterocycles. The van der Waals surface area contributed by atoms with Crippen LogP contribution in [0.2, 0.25) is 10.0 Å². The maximum absolute atomic E-state index is 15.4. The molecule has 6 aromatic rings. The van der Waals surface area contributed by atoms with E-state index in [9.17, 15) is 37.5 Å². The lowest BCUT2D eigenvalue weighted by Gasteiger charge is -2.47. The summed E-state index contributed by atoms with van der Waals surface area (Å²) in [6.45, 7) is -0.396. The second-order valence-electron chi connectivity index (χ2n) is 16.3. The number of carbonyl (C=O) groups excluding carboxylic acids is 2. The molecule has 352 valence electrons. The fourth-order valence-electron chi connectivity index (χ4n) is 9.62. The maximum Gasteiger partial charge on any atom is 0.417 e. The number of phenolic OH excluding ortho intramolecular Hbond substituents is 1. The standard InChI is InChI=1S/C46H39Cl2F3N8O9/c1-55-34-21-38(68-4)37(67-3)20-32(34)53-31(41(55)62)14-15-56-43(64)57-16-13-27-28(11-5-23-6-12-35(60)36(17-23)66-2)45(24-7-9-26(47)10-8-24)29(19-33(27)59(57)44(56)65)40(61)58(42(45)63)54-39-30(48)18-25(22-52-39)46(49,50)51/h5-13,17-18,20-22,28-29,33,60H,14-16,19H2,1-4H3,(H,52,54)/t28-,29-,33+,45-/m0/s1. The van der Waals surface area contributed by atoms with Crippen molar-refractivity contribution in [3.8, 4) is 23.0 Å². The molecule has 2 amide bonds. The average Bonchev–Trinajstić information content (AvgIpc) is 3.69. The molecule has 1 saturated heterocycles. The number of nitrogens with zero attached hydrogens (tertiary/aromatic N) is 7. The first-order chi connectivity index (χ1) is 32.4. The number of hydrazine groups is 1. The van der Waals surface area contributed by atoms with Crippen LogP contribution in [0, 0.1) is 11.8 Å². The Hall–Kier alpha value is -7.32. The number of nitrogens with one attached hydrogen (secondary N) is 1. The number of phenols is 1. The van der Waals surface area contributed by atoms with E-state index >= 15 is 4.79 Å². The Morgan fingerprint density at radius 1 is 0.926 bits per heavy atom. The molecule has 22 heteroatoms. The van der Waals surface area contributed by atoms with Crippen molar-refractivity contribution in [3.63, 3.8) is 0 Å². The number of rotatable bonds is 11. The fourth-order valence-corrected chi connectivity index (χ4v) is 9.96. The number of benzene rings is 3. The Balaban J connectivity index is 1.16. The van der Waals surface area contributed by atoms with Gasteiger partial charge in [-0.1, -0.05) is 59.6 Å². The van der Waals surface area contributed by atoms with Crippen LogP contribution in [0.4, 0.5) is 19.0 Å². The first kappa shape index (κ1) is 45.8. The van der Waals surface area contributed by atoms with E-state index in [-0.39, 0.29) is 43.1 Å². The van der Waals surface area contributed by atoms with Gasteiger partial charge in [-0.05, 0) is 53.5 Å². The van der Waals surface area contributed by atoms with Gasteiger partial charge in [-0.25, -0.2) is 33.5 Å². The fraction of sp³-hybridized carbons (Fsp3) is 0.283. The molecule has 2 fully saturated rings. The lowest BCUT2D eigenvalue weighted by Crippen LogP contribution is -2.54. The van der Waals surface area contributed by atoms with Crippen molar-refractivity contribution in [1.29, 1.82) is 0 Å². The van der Waals surface area contributed by atoms with Crippen molar-refractivity contribution in [2.45, 2.75) is 43.6 Å². The van der Waals surface area contributed by atoms with Gasteiger partial charge in [0.05, 0.1) is 66.9 Å². The smallest absolute Gasteiger partial charge is 0.417 e. The molecule has 0 unspecified atom stereocenters. The number of anilines is 1. The van der Waals surface area contributed by atoms with E-state index in [1.807, 2.05) is 0 Å². The molecule has 0 bridgehead atoms. The molecule has 2 N–H and O–H groups in total. The molecule has 3 aromatic heterocycles. The van der Waals surface area contributed by atoms with Gasteiger partial charge in [0.2, 0.25) is 0 Å². The Labute approximate surface area is 392 Å². The highest BCUT2D eigenvalue weighted by Gasteiger charge is 2.68. The predicted molar refractivity (Wildman–Crippen MR) is 242 cm³/mol. The summed E-state index contributed by atoms with van der Waals surface area (Å²) in [4.78, 5) is 81.3. The lowest BCUT2D eigenvalue weighted by molar-refractivity contribution is -0.139. The third-order valence-electron chi connectivity index (χ3n) is 12.9. The van der Waals surface area contributed by atoms with Crippen molar-refractivity contribution in [2.75, 3.05) is 26.8 Å². The maximum atomic E-state index is 15.4. The van der Waals surface area contributed by atoms with Crippen LogP contribution in [0.15, 0.2) is 99.0 Å². The zero-order valence-corrected chi connectivity index (χ0v) is 37.9. The van der Waals surface area contributed by atoms with Crippen LogP contribution < -0.4 is 36.6 Å². The van der Waals surface area contributed by atoms with E-state index in [2.05, 4.69) is 15.4 Å². The number of alkyl halides is 3. The third-order valence-corrected chi connectivity index (χ3v) is 13.4. The van der Waals surface area contributed by atoms with Crippen LogP contribution in [0.25, 0.3) is 17.1 Å². The van der Waals surface area contributed by atoms with Gasteiger partial charge in [-0.15, -0.1) is 0 Å². The van der Waals surface area contributed by atoms with E-state index in [0.717, 1.165) is 4.57 Å². The second-order valence-corrected chi connectivity index (χ2v) is 17.2. The van der Waals surface area contributed by atoms with Gasteiger partial charge in [-0.3, -0.25) is 19.8 Å². The molecule has 68 heavy (non-hydrogen) atoms. The average molecular weight is 976 g/mol. The van der Waals surface area contributed by atoms with Crippen molar-refractivity contribution >= 4 is 57.9 Å². The molecule has 3 aromatic carbocycles. The van der Waals surface area contributed by atoms with Crippen LogP contribution in [0.5, 0.6) is 23.0 Å². The van der Waals surface area contributed by atoms with E-state index in [0.29, 0.717) is 61.5 Å². The molecule has 2 aliphatic heterocycles. The van der Waals surface area contributed by atoms with Gasteiger partial charge in [-0.2, -0.15) is 18.2 Å². The molecule has 9 rings (SSSR count). The molecule has 17 nitrogen and oxygen atoms in total. The van der Waals surface area contributed by atoms with Gasteiger partial charge >= 0.3 is 17.6 Å². The minimum atomic E-state index is -4.79. The Kier molecular flexibility index (Phi) is 11.5. The summed E-state index contributed by atoms with van der Waals surface area (Å²) in [5.74, 6) is -3.66. The van der Waals surface area contributed by atoms with E-state index in [1.54, 1.807) is 73.8 Å². The van der Waals surface area contributed by atoms with Crippen molar-refractivity contribution in [1.82, 2.24) is 33.5 Å². The summed E-state index contributed by atoms with van der Waals surface area (Å²) in [5, 5.41) is 10.8. The number of ether oxygens (including phenoxy) is 3. The number of amides is 2. The van der Waals surface area contributed by atoms with Crippen molar-refractivity contribution in [3.05, 3.63) is 148 Å². The molecule has 3 aliphatic rings. The highest BCUT2D eigenvalue weighted by Crippen LogP contribution is 2.59. The third kappa shape index (κ3) is 7.29. The quantitative estimate of drug-likeness (QED) is 0.115. The number of hydrogen-bond donors (Lipinski definition) is 2. The molecule has 0 spiro atoms. The van der Waals surface area contributed by atoms with E-state index in [1.165, 1.54) is 41.3 Å². The molecule has 1 aliphatic carbocycles. The first-order valence-electron chi connectivity index (χ1n) is 20.9. The van der Waals surface area contributed by atoms with Gasteiger partial charge < -0.3 is 23.9 Å². The predicted octanol–water partition coefficient (Wildman–Crippen LogP) is 5.92. The second kappa shape index (κ2) is 17.1. The monoisotopic (exact) mass is 974 g/mol. The number of pyridine rings is 1. The SMILES string of the molecule is COc1cc(C=C[C@H]2C3=CCn4c(=O)n(CCc5nc6cc(OC)c(OC)cc6n(C)c5=O)c(=O)n4[C@@H]3C[C@H]3C(=O)N(Nc4ncc(C(F)(F)F)cc4Cl)C(=O)[C@@]23c2ccc(Cl)cc2)ccc1O. The van der Waals surface area contributed by atoms with Crippen LogP contribution >= 0.6 is 23.2 Å². The highest BCUT2D eigenvalue weighted by molar-refractivity contribution is 6.33. The largest absolute Gasteiger partial charge is 0.504 e. The van der Waals surface area contributed by atoms with Crippen molar-refractivity contribution < 1.29 is 42.1 Å². The number of hydrogen-bond acceptors (Lipinski definition) is 12. The minimum absolute atomic E-state index is 0.0679. The molecular weight excluding hydrogens is 936 g/mol. The van der Waals surface area contributed by atoms with E-state index in [4.69, 9.17) is 37.4 Å². The number of aromatic hydroxyl groups is 1. The lowest BCUT2D eigenvalue weighted by atomic mass is 9.54. The number of imide groups is 1. The van der Waals surface area contributed by atoms with Gasteiger partial charge in [0.15, 0.2) is 28.8 Å². The highest BCUT2D eigenvalue weighted by atomic mass is 35.5. The number of methoxy groups -OCH3 is 3. The van der Waals surface area contributed by atoms with Crippen LogP contribution in [0.1, 0.15) is 34.8 Å². The van der Waals surface area contributed by atoms with Crippen molar-refractivity contribution in [2.24, 2.45) is 18.9 Å². The number of carbonyl (C=O) groups is 2. The first-order valence-corrected chi connectivity index (χ1v) is 21.6. The number of halogens is 5. The molecule has 1 saturated carbocycles. The normalized spacial score (nSPS) is 20.0. The number of fused-ring (bicyclic) bond motifs is 5. The van der Waals surface area contributed by atoms with E-state index < -0.39 is 74.6 Å². The Morgan fingerprint density at radius 3 is 2.31 bits per heavy atom. The minimum Gasteiger partial charge on any atom is -0.504 e. The number of aromatic nitrogens is 6. The van der Waals surface area contributed by atoms with Gasteiger partial charge in [0, 0.05) is 49.3 Å². The van der Waals surface area contributed by atoms with Crippen LogP contribution in [-0.2, 0) is 47.7 Å². The summed E-state index contributed by atoms with van der Waals surface area (Å²) in [5.41, 5.74) is -0.0352. The Bertz CT molecular complexity index is 3330. The zero-order valence-electron chi connectivity index (χ0n) is 36.4. The van der Waals surface area contributed by atoms with Crippen LogP contribution in [-0.4, -0.2) is 71.7 Å². The summed E-state index contributed by atoms with van der Waals surface area (Å²) in [6.07, 6.45) is 0.440. The molecule has 0 radical (unpaired) electrons. The molecule has 4 atom stereocenters. The topological polar surface area (TPSA) is 194 Å². The summed E-state index contributed by atoms with van der Waals surface area (Å²) >= 11 is 12.7. The van der Waals surface area contributed by atoms with Gasteiger partial charge in [0.1, 0.15) is 5.69 Å². The number of aryl methyl sites for hydroxylation is 2. The summed E-state index contributed by atoms with van der Waals surface area (Å²) < 4.78 is 61.8. The molecular formula is C46H39Cl2F3N8O9. The zero-order chi connectivity index (χ0) is 48.6. The summed E-state index contributed by atoms with van der Waals surface area (Å²) in [6, 6.07) is 13.7.